The molecule has 8 heteroatoms. The molecule has 2 aromatic carbocycles. The third kappa shape index (κ3) is 3.35. The zero-order valence-corrected chi connectivity index (χ0v) is 18.9. The topological polar surface area (TPSA) is 93.0 Å². The Bertz CT molecular complexity index is 1330. The van der Waals surface area contributed by atoms with Gasteiger partial charge < -0.3 is 29.6 Å². The normalized spacial score (nSPS) is 19.8. The second-order valence-corrected chi connectivity index (χ2v) is 10.0. The number of halogens is 1. The summed E-state index contributed by atoms with van der Waals surface area (Å²) in [6.45, 7) is 2.13. The van der Waals surface area contributed by atoms with Gasteiger partial charge in [0, 0.05) is 28.3 Å². The number of rotatable bonds is 7. The van der Waals surface area contributed by atoms with Crippen LogP contribution in [0.15, 0.2) is 36.4 Å². The van der Waals surface area contributed by atoms with E-state index in [0.29, 0.717) is 29.9 Å². The van der Waals surface area contributed by atoms with E-state index < -0.39 is 17.3 Å². The van der Waals surface area contributed by atoms with E-state index in [2.05, 4.69) is 12.2 Å². The number of aliphatic hydroxyl groups excluding tert-OH is 2. The number of carbonyl (C=O) groups excluding carboxylic acids is 1. The van der Waals surface area contributed by atoms with Crippen LogP contribution in [0.2, 0.25) is 0 Å². The Morgan fingerprint density at radius 2 is 1.94 bits per heavy atom. The van der Waals surface area contributed by atoms with Crippen molar-refractivity contribution in [3.63, 3.8) is 0 Å². The lowest BCUT2D eigenvalue weighted by molar-refractivity contribution is -0.118. The van der Waals surface area contributed by atoms with Gasteiger partial charge in [-0.2, -0.15) is 0 Å². The summed E-state index contributed by atoms with van der Waals surface area (Å²) in [5.41, 5.74) is 1.90. The molecule has 0 saturated heterocycles. The Morgan fingerprint density at radius 3 is 2.65 bits per heavy atom. The molecule has 186 valence electrons. The van der Waals surface area contributed by atoms with Crippen LogP contribution >= 0.6 is 0 Å². The van der Waals surface area contributed by atoms with Crippen LogP contribution < -0.4 is 14.8 Å². The van der Waals surface area contributed by atoms with E-state index in [9.17, 15) is 15.0 Å². The van der Waals surface area contributed by atoms with Crippen molar-refractivity contribution in [3.05, 3.63) is 53.5 Å². The molecule has 34 heavy (non-hydrogen) atoms. The largest absolute Gasteiger partial charge is 0.454 e. The Labute approximate surface area is 202 Å². The number of nitrogens with one attached hydrogen (secondary N) is 1. The lowest BCUT2D eigenvalue weighted by Crippen LogP contribution is -2.28. The van der Waals surface area contributed by atoms with Crippen LogP contribution in [0.5, 0.6) is 11.5 Å². The van der Waals surface area contributed by atoms with E-state index in [0.717, 1.165) is 29.5 Å². The van der Waals surface area contributed by atoms with Gasteiger partial charge in [-0.3, -0.25) is 4.79 Å². The summed E-state index contributed by atoms with van der Waals surface area (Å²) in [4.78, 5) is 13.3. The van der Waals surface area contributed by atoms with E-state index >= 15 is 4.39 Å². The monoisotopic (exact) mass is 474 g/mol. The number of carbonyl (C=O) groups is 1. The smallest absolute Gasteiger partial charge is 0.235 e. The standard InChI is InChI=1S/C26H27FN2O5.4H2/c1-25(4-5-25)23-9-15-8-19(18(27)11-20(15)29(23)12-17(31)13-30)28-24(32)26(6-7-26)16-2-3-21-22(10-16)34-14-33-21;;;;/h2-3,8-11,17,30-31H,4-7,12-14H2,1H3,(H,28,32);4*1H/t17-;;;;/m1..../s1. The Morgan fingerprint density at radius 1 is 1.18 bits per heavy atom. The zero-order chi connectivity index (χ0) is 23.7. The van der Waals surface area contributed by atoms with Crippen LogP contribution in [-0.4, -0.2) is 40.2 Å². The molecule has 1 amide bonds. The highest BCUT2D eigenvalue weighted by Crippen LogP contribution is 2.52. The van der Waals surface area contributed by atoms with Crippen molar-refractivity contribution in [2.75, 3.05) is 18.7 Å². The highest BCUT2D eigenvalue weighted by molar-refractivity contribution is 6.03. The van der Waals surface area contributed by atoms with E-state index in [-0.39, 0.29) is 42.7 Å². The first kappa shape index (κ1) is 21.4. The van der Waals surface area contributed by atoms with Gasteiger partial charge in [0.1, 0.15) is 5.82 Å². The number of hydrogen-bond donors (Lipinski definition) is 3. The number of aromatic nitrogens is 1. The molecule has 2 heterocycles. The molecular formula is C26H35FN2O5. The van der Waals surface area contributed by atoms with Crippen LogP contribution in [0.1, 0.15) is 49.6 Å². The Balaban J connectivity index is 0.00000127. The summed E-state index contributed by atoms with van der Waals surface area (Å²) in [5, 5.41) is 23.0. The number of aliphatic hydroxyl groups is 2. The average Bonchev–Trinajstić information content (AvgIpc) is 3.71. The van der Waals surface area contributed by atoms with Crippen molar-refractivity contribution < 1.29 is 34.6 Å². The first-order chi connectivity index (χ1) is 16.3. The number of ether oxygens (including phenoxy) is 2. The summed E-state index contributed by atoms with van der Waals surface area (Å²) < 4.78 is 27.9. The fraction of sp³-hybridized carbons (Fsp3) is 0.423. The Kier molecular flexibility index (Phi) is 4.70. The molecule has 0 radical (unpaired) electrons. The first-order valence-electron chi connectivity index (χ1n) is 11.7. The molecule has 3 N–H and O–H groups in total. The van der Waals surface area contributed by atoms with Crippen molar-refractivity contribution in [2.45, 2.75) is 56.1 Å². The van der Waals surface area contributed by atoms with Gasteiger partial charge in [0.2, 0.25) is 12.7 Å². The lowest BCUT2D eigenvalue weighted by atomic mass is 9.94. The summed E-state index contributed by atoms with van der Waals surface area (Å²) >= 11 is 0. The number of hydrogen-bond acceptors (Lipinski definition) is 5. The number of benzene rings is 2. The van der Waals surface area contributed by atoms with Crippen molar-refractivity contribution in [1.29, 1.82) is 0 Å². The molecular weight excluding hydrogens is 439 g/mol. The number of nitrogens with zero attached hydrogens (tertiary/aromatic N) is 1. The molecule has 2 aliphatic carbocycles. The van der Waals surface area contributed by atoms with Gasteiger partial charge in [0.25, 0.3) is 0 Å². The summed E-state index contributed by atoms with van der Waals surface area (Å²) in [7, 11) is 0. The van der Waals surface area contributed by atoms with Gasteiger partial charge in [-0.25, -0.2) is 4.39 Å². The predicted molar refractivity (Wildman–Crippen MR) is 132 cm³/mol. The lowest BCUT2D eigenvalue weighted by Gasteiger charge is -2.18. The van der Waals surface area contributed by atoms with E-state index in [1.54, 1.807) is 12.1 Å². The minimum atomic E-state index is -0.935. The van der Waals surface area contributed by atoms with E-state index in [1.165, 1.54) is 6.07 Å². The maximum atomic E-state index is 15.2. The summed E-state index contributed by atoms with van der Waals surface area (Å²) in [6, 6.07) is 10.6. The molecule has 0 spiro atoms. The second-order valence-electron chi connectivity index (χ2n) is 10.0. The van der Waals surface area contributed by atoms with Crippen LogP contribution in [0.4, 0.5) is 10.1 Å². The second kappa shape index (κ2) is 7.45. The van der Waals surface area contributed by atoms with E-state index in [1.807, 2.05) is 22.8 Å². The molecule has 1 atom stereocenters. The van der Waals surface area contributed by atoms with Crippen molar-refractivity contribution in [2.24, 2.45) is 0 Å². The van der Waals surface area contributed by atoms with Gasteiger partial charge in [0.15, 0.2) is 11.5 Å². The summed E-state index contributed by atoms with van der Waals surface area (Å²) in [6.07, 6.45) is 2.46. The third-order valence-electron chi connectivity index (χ3n) is 7.57. The highest BCUT2D eigenvalue weighted by atomic mass is 19.1. The first-order valence-corrected chi connectivity index (χ1v) is 11.7. The quantitative estimate of drug-likeness (QED) is 0.467. The van der Waals surface area contributed by atoms with Crippen LogP contribution in [0, 0.1) is 5.82 Å². The molecule has 1 aliphatic heterocycles. The molecule has 0 bridgehead atoms. The number of fused-ring (bicyclic) bond motifs is 2. The molecule has 0 unspecified atom stereocenters. The van der Waals surface area contributed by atoms with Gasteiger partial charge in [-0.1, -0.05) is 13.0 Å². The zero-order valence-electron chi connectivity index (χ0n) is 18.9. The predicted octanol–water partition coefficient (Wildman–Crippen LogP) is 4.57. The molecule has 3 aromatic rings. The molecule has 7 nitrogen and oxygen atoms in total. The number of amides is 1. The molecule has 6 rings (SSSR count). The minimum Gasteiger partial charge on any atom is -0.454 e. The van der Waals surface area contributed by atoms with Gasteiger partial charge in [-0.05, 0) is 55.5 Å². The van der Waals surface area contributed by atoms with Crippen molar-refractivity contribution in [3.8, 4) is 11.5 Å². The maximum Gasteiger partial charge on any atom is 0.235 e. The van der Waals surface area contributed by atoms with Crippen LogP contribution in [0.3, 0.4) is 0 Å². The fourth-order valence-corrected chi connectivity index (χ4v) is 5.00. The minimum absolute atomic E-state index is 0. The molecule has 2 saturated carbocycles. The summed E-state index contributed by atoms with van der Waals surface area (Å²) in [5.74, 6) is 0.505. The van der Waals surface area contributed by atoms with Crippen molar-refractivity contribution in [1.82, 2.24) is 4.57 Å². The Hall–Kier alpha value is -3.10. The van der Waals surface area contributed by atoms with Gasteiger partial charge in [-0.15, -0.1) is 0 Å². The van der Waals surface area contributed by atoms with Gasteiger partial charge >= 0.3 is 0 Å². The fourth-order valence-electron chi connectivity index (χ4n) is 5.00. The van der Waals surface area contributed by atoms with Crippen LogP contribution in [-0.2, 0) is 22.2 Å². The average molecular weight is 475 g/mol. The number of anilines is 1. The van der Waals surface area contributed by atoms with E-state index in [4.69, 9.17) is 9.47 Å². The molecule has 3 aliphatic rings. The SMILES string of the molecule is CC1(c2cc3cc(NC(=O)C4(c5ccc6c(c5)OCO6)CC4)c(F)cc3n2C[C@@H](O)CO)CC1.[HH].[HH].[HH].[HH]. The third-order valence-corrected chi connectivity index (χ3v) is 7.57. The van der Waals surface area contributed by atoms with Crippen molar-refractivity contribution >= 4 is 22.5 Å². The molecule has 2 fully saturated rings. The van der Waals surface area contributed by atoms with Crippen LogP contribution in [0.25, 0.3) is 10.9 Å². The maximum absolute atomic E-state index is 15.2. The molecule has 1 aromatic heterocycles. The highest BCUT2D eigenvalue weighted by Gasteiger charge is 2.52. The van der Waals surface area contributed by atoms with Gasteiger partial charge in [0.05, 0.1) is 35.9 Å².